The Kier molecular flexibility index (Phi) is 7.79. The van der Waals surface area contributed by atoms with Crippen LogP contribution in [0.1, 0.15) is 45.6 Å². The zero-order valence-corrected chi connectivity index (χ0v) is 14.9. The number of hydrogen-bond donors (Lipinski definition) is 1. The average Bonchev–Trinajstić information content (AvgIpc) is 2.56. The van der Waals surface area contributed by atoms with Gasteiger partial charge in [0.25, 0.3) is 0 Å². The van der Waals surface area contributed by atoms with Gasteiger partial charge in [-0.1, -0.05) is 43.7 Å². The van der Waals surface area contributed by atoms with Gasteiger partial charge in [-0.15, -0.1) is 0 Å². The van der Waals surface area contributed by atoms with E-state index in [1.54, 1.807) is 25.8 Å². The third-order valence-corrected chi connectivity index (χ3v) is 4.07. The van der Waals surface area contributed by atoms with Gasteiger partial charge in [-0.3, -0.25) is 9.59 Å². The van der Waals surface area contributed by atoms with Gasteiger partial charge < -0.3 is 10.2 Å². The monoisotopic (exact) mass is 318 g/mol. The number of rotatable bonds is 9. The van der Waals surface area contributed by atoms with E-state index in [4.69, 9.17) is 0 Å². The highest BCUT2D eigenvalue weighted by Crippen LogP contribution is 2.19. The van der Waals surface area contributed by atoms with E-state index in [2.05, 4.69) is 24.4 Å². The lowest BCUT2D eigenvalue weighted by molar-refractivity contribution is -0.147. The molecule has 0 aliphatic rings. The third kappa shape index (κ3) is 6.05. The minimum atomic E-state index is -1.02. The lowest BCUT2D eigenvalue weighted by Gasteiger charge is -2.28. The highest BCUT2D eigenvalue weighted by atomic mass is 16.2. The number of carbonyl (C=O) groups is 2. The summed E-state index contributed by atoms with van der Waals surface area (Å²) in [6.07, 6.45) is 3.78. The third-order valence-electron chi connectivity index (χ3n) is 4.07. The molecule has 0 saturated carbocycles. The van der Waals surface area contributed by atoms with Crippen LogP contribution >= 0.6 is 0 Å². The number of nitrogens with one attached hydrogen (secondary N) is 1. The predicted molar refractivity (Wildman–Crippen MR) is 94.1 cm³/mol. The lowest BCUT2D eigenvalue weighted by Crippen LogP contribution is -2.48. The minimum absolute atomic E-state index is 0.119. The van der Waals surface area contributed by atoms with Crippen molar-refractivity contribution in [2.45, 2.75) is 46.5 Å². The Labute approximate surface area is 140 Å². The summed E-state index contributed by atoms with van der Waals surface area (Å²) in [7, 11) is 1.77. The van der Waals surface area contributed by atoms with Crippen molar-refractivity contribution in [3.05, 3.63) is 35.9 Å². The fourth-order valence-electron chi connectivity index (χ4n) is 2.43. The summed E-state index contributed by atoms with van der Waals surface area (Å²) in [5, 5.41) is 2.90. The first kappa shape index (κ1) is 19.2. The van der Waals surface area contributed by atoms with Crippen LogP contribution in [0.3, 0.4) is 0 Å². The van der Waals surface area contributed by atoms with Gasteiger partial charge in [-0.05, 0) is 38.7 Å². The van der Waals surface area contributed by atoms with E-state index >= 15 is 0 Å². The van der Waals surface area contributed by atoms with Crippen molar-refractivity contribution in [2.75, 3.05) is 20.1 Å². The van der Waals surface area contributed by atoms with Crippen molar-refractivity contribution in [3.63, 3.8) is 0 Å². The van der Waals surface area contributed by atoms with E-state index in [0.717, 1.165) is 25.7 Å². The second kappa shape index (κ2) is 9.33. The van der Waals surface area contributed by atoms with Gasteiger partial charge in [0.15, 0.2) is 0 Å². The number of unbranched alkanes of at least 4 members (excludes halogenated alkanes) is 1. The molecule has 0 unspecified atom stereocenters. The fraction of sp³-hybridized carbons (Fsp3) is 0.579. The van der Waals surface area contributed by atoms with E-state index < -0.39 is 5.41 Å². The van der Waals surface area contributed by atoms with Gasteiger partial charge in [-0.2, -0.15) is 0 Å². The SMILES string of the molecule is CCCCN(C)C(=O)C(C)(C)C(=O)NCCCc1ccccc1. The molecule has 1 rings (SSSR count). The highest BCUT2D eigenvalue weighted by Gasteiger charge is 2.37. The topological polar surface area (TPSA) is 49.4 Å². The van der Waals surface area contributed by atoms with E-state index in [9.17, 15) is 9.59 Å². The van der Waals surface area contributed by atoms with Crippen LogP contribution in [0.25, 0.3) is 0 Å². The van der Waals surface area contributed by atoms with E-state index in [0.29, 0.717) is 13.1 Å². The number of amides is 2. The van der Waals surface area contributed by atoms with Crippen molar-refractivity contribution < 1.29 is 9.59 Å². The highest BCUT2D eigenvalue weighted by molar-refractivity contribution is 6.04. The van der Waals surface area contributed by atoms with Crippen molar-refractivity contribution in [3.8, 4) is 0 Å². The quantitative estimate of drug-likeness (QED) is 0.562. The molecule has 0 fully saturated rings. The summed E-state index contributed by atoms with van der Waals surface area (Å²) in [6, 6.07) is 10.2. The molecule has 0 aliphatic carbocycles. The Bertz CT molecular complexity index is 497. The Morgan fingerprint density at radius 3 is 2.39 bits per heavy atom. The molecule has 0 bridgehead atoms. The van der Waals surface area contributed by atoms with Crippen LogP contribution in [0.4, 0.5) is 0 Å². The van der Waals surface area contributed by atoms with Gasteiger partial charge in [0, 0.05) is 20.1 Å². The summed E-state index contributed by atoms with van der Waals surface area (Å²) in [5.74, 6) is -0.314. The summed E-state index contributed by atoms with van der Waals surface area (Å²) in [4.78, 5) is 26.4. The fourth-order valence-corrected chi connectivity index (χ4v) is 2.43. The smallest absolute Gasteiger partial charge is 0.237 e. The van der Waals surface area contributed by atoms with Crippen LogP contribution in [0.5, 0.6) is 0 Å². The molecule has 0 spiro atoms. The number of aryl methyl sites for hydroxylation is 1. The van der Waals surface area contributed by atoms with Crippen molar-refractivity contribution >= 4 is 11.8 Å². The Hall–Kier alpha value is -1.84. The van der Waals surface area contributed by atoms with Crippen LogP contribution < -0.4 is 5.32 Å². The van der Waals surface area contributed by atoms with Gasteiger partial charge >= 0.3 is 0 Å². The molecule has 1 aromatic carbocycles. The molecule has 128 valence electrons. The van der Waals surface area contributed by atoms with E-state index in [1.807, 2.05) is 18.2 Å². The Morgan fingerprint density at radius 1 is 1.13 bits per heavy atom. The largest absolute Gasteiger partial charge is 0.355 e. The van der Waals surface area contributed by atoms with Crippen LogP contribution in [-0.2, 0) is 16.0 Å². The first-order valence-corrected chi connectivity index (χ1v) is 8.47. The van der Waals surface area contributed by atoms with Crippen LogP contribution in [0, 0.1) is 5.41 Å². The first-order chi connectivity index (χ1) is 10.9. The zero-order valence-electron chi connectivity index (χ0n) is 14.9. The van der Waals surface area contributed by atoms with Crippen LogP contribution in [0.2, 0.25) is 0 Å². The molecule has 0 aromatic heterocycles. The molecule has 0 aliphatic heterocycles. The van der Waals surface area contributed by atoms with Gasteiger partial charge in [0.05, 0.1) is 0 Å². The van der Waals surface area contributed by atoms with Crippen molar-refractivity contribution in [1.82, 2.24) is 10.2 Å². The normalized spacial score (nSPS) is 11.1. The maximum Gasteiger partial charge on any atom is 0.237 e. The molecule has 1 aromatic rings. The minimum Gasteiger partial charge on any atom is -0.355 e. The maximum absolute atomic E-state index is 12.4. The Balaban J connectivity index is 2.40. The molecule has 0 radical (unpaired) electrons. The first-order valence-electron chi connectivity index (χ1n) is 8.47. The molecule has 23 heavy (non-hydrogen) atoms. The molecule has 0 heterocycles. The molecular weight excluding hydrogens is 288 g/mol. The molecule has 0 saturated heterocycles. The summed E-state index contributed by atoms with van der Waals surface area (Å²) in [6.45, 7) is 6.76. The molecule has 0 atom stereocenters. The number of carbonyl (C=O) groups excluding carboxylic acids is 2. The summed E-state index contributed by atoms with van der Waals surface area (Å²) in [5.41, 5.74) is 0.242. The molecule has 1 N–H and O–H groups in total. The van der Waals surface area contributed by atoms with Gasteiger partial charge in [0.1, 0.15) is 5.41 Å². The second-order valence-electron chi connectivity index (χ2n) is 6.55. The molecule has 4 nitrogen and oxygen atoms in total. The standard InChI is InChI=1S/C19H30N2O2/c1-5-6-15-21(4)18(23)19(2,3)17(22)20-14-10-13-16-11-8-7-9-12-16/h7-9,11-12H,5-6,10,13-15H2,1-4H3,(H,20,22). The average molecular weight is 318 g/mol. The van der Waals surface area contributed by atoms with E-state index in [1.165, 1.54) is 5.56 Å². The zero-order chi connectivity index (χ0) is 17.3. The van der Waals surface area contributed by atoms with Crippen molar-refractivity contribution in [1.29, 1.82) is 0 Å². The van der Waals surface area contributed by atoms with E-state index in [-0.39, 0.29) is 11.8 Å². The number of hydrogen-bond acceptors (Lipinski definition) is 2. The number of benzene rings is 1. The van der Waals surface area contributed by atoms with Gasteiger partial charge in [0.2, 0.25) is 11.8 Å². The molecular formula is C19H30N2O2. The van der Waals surface area contributed by atoms with Crippen LogP contribution in [0.15, 0.2) is 30.3 Å². The van der Waals surface area contributed by atoms with Crippen molar-refractivity contribution in [2.24, 2.45) is 5.41 Å². The van der Waals surface area contributed by atoms with Crippen LogP contribution in [-0.4, -0.2) is 36.9 Å². The predicted octanol–water partition coefficient (Wildman–Crippen LogP) is 3.02. The number of nitrogens with zero attached hydrogens (tertiary/aromatic N) is 1. The summed E-state index contributed by atoms with van der Waals surface area (Å²) < 4.78 is 0. The Morgan fingerprint density at radius 2 is 1.78 bits per heavy atom. The lowest BCUT2D eigenvalue weighted by atomic mass is 9.90. The molecule has 4 heteroatoms. The maximum atomic E-state index is 12.4. The second-order valence-corrected chi connectivity index (χ2v) is 6.55. The summed E-state index contributed by atoms with van der Waals surface area (Å²) >= 11 is 0. The molecule has 2 amide bonds. The van der Waals surface area contributed by atoms with Gasteiger partial charge in [-0.25, -0.2) is 0 Å².